The molecule has 0 aliphatic carbocycles. The lowest BCUT2D eigenvalue weighted by molar-refractivity contribution is 1.61. The topological polar surface area (TPSA) is 0 Å². The summed E-state index contributed by atoms with van der Waals surface area (Å²) >= 11 is 1.88. The monoisotopic (exact) mass is 512 g/mol. The van der Waals surface area contributed by atoms with Crippen LogP contribution in [0.5, 0.6) is 0 Å². The van der Waals surface area contributed by atoms with Crippen LogP contribution in [0.2, 0.25) is 0 Å². The standard InChI is InChI=1S/C38H24S/c1-2-11-25(12-3-1)26-13-10-14-27(23-26)37-31-16-4-6-18-33(31)38(34-19-7-5-17-32(34)37)28-21-22-30-29-15-8-9-20-35(29)39-36(30)24-28/h1-24H. The molecule has 0 aliphatic heterocycles. The highest BCUT2D eigenvalue weighted by Gasteiger charge is 2.17. The first-order chi connectivity index (χ1) is 19.3. The number of hydrogen-bond acceptors (Lipinski definition) is 1. The van der Waals surface area contributed by atoms with Gasteiger partial charge in [-0.1, -0.05) is 127 Å². The molecule has 0 nitrogen and oxygen atoms in total. The predicted molar refractivity (Wildman–Crippen MR) is 171 cm³/mol. The molecule has 0 spiro atoms. The van der Waals surface area contributed by atoms with Crippen LogP contribution in [0.4, 0.5) is 0 Å². The Morgan fingerprint density at radius 1 is 0.282 bits per heavy atom. The zero-order chi connectivity index (χ0) is 25.8. The molecular formula is C38H24S. The third kappa shape index (κ3) is 3.59. The summed E-state index contributed by atoms with van der Waals surface area (Å²) in [7, 11) is 0. The van der Waals surface area contributed by atoms with Crippen molar-refractivity contribution in [3.8, 4) is 33.4 Å². The van der Waals surface area contributed by atoms with Crippen molar-refractivity contribution < 1.29 is 0 Å². The number of hydrogen-bond donors (Lipinski definition) is 0. The van der Waals surface area contributed by atoms with Gasteiger partial charge in [-0.25, -0.2) is 0 Å². The van der Waals surface area contributed by atoms with Gasteiger partial charge in [0.15, 0.2) is 0 Å². The van der Waals surface area contributed by atoms with E-state index in [9.17, 15) is 0 Å². The first kappa shape index (κ1) is 22.3. The van der Waals surface area contributed by atoms with Crippen LogP contribution < -0.4 is 0 Å². The second-order valence-electron chi connectivity index (χ2n) is 10.1. The van der Waals surface area contributed by atoms with Crippen molar-refractivity contribution in [1.29, 1.82) is 0 Å². The third-order valence-corrected chi connectivity index (χ3v) is 8.99. The molecule has 1 heterocycles. The van der Waals surface area contributed by atoms with Gasteiger partial charge >= 0.3 is 0 Å². The van der Waals surface area contributed by atoms with Crippen LogP contribution >= 0.6 is 11.3 Å². The highest BCUT2D eigenvalue weighted by atomic mass is 32.1. The van der Waals surface area contributed by atoms with Gasteiger partial charge < -0.3 is 0 Å². The maximum atomic E-state index is 2.39. The van der Waals surface area contributed by atoms with E-state index in [1.807, 2.05) is 11.3 Å². The molecule has 0 amide bonds. The van der Waals surface area contributed by atoms with Crippen LogP contribution in [-0.4, -0.2) is 0 Å². The van der Waals surface area contributed by atoms with Crippen LogP contribution in [0.1, 0.15) is 0 Å². The molecule has 0 saturated carbocycles. The Morgan fingerprint density at radius 2 is 0.769 bits per heavy atom. The molecule has 8 aromatic rings. The van der Waals surface area contributed by atoms with Gasteiger partial charge in [0.1, 0.15) is 0 Å². The van der Waals surface area contributed by atoms with E-state index in [0.29, 0.717) is 0 Å². The Hall–Kier alpha value is -4.72. The summed E-state index contributed by atoms with van der Waals surface area (Å²) in [5.41, 5.74) is 7.59. The molecule has 182 valence electrons. The third-order valence-electron chi connectivity index (χ3n) is 7.86. The van der Waals surface area contributed by atoms with E-state index in [1.54, 1.807) is 0 Å². The highest BCUT2D eigenvalue weighted by molar-refractivity contribution is 7.25. The van der Waals surface area contributed by atoms with Gasteiger partial charge in [0.05, 0.1) is 0 Å². The van der Waals surface area contributed by atoms with Crippen LogP contribution in [-0.2, 0) is 0 Å². The summed E-state index contributed by atoms with van der Waals surface area (Å²) in [6.07, 6.45) is 0. The van der Waals surface area contributed by atoms with E-state index in [4.69, 9.17) is 0 Å². The lowest BCUT2D eigenvalue weighted by Gasteiger charge is -2.18. The molecule has 0 bridgehead atoms. The van der Waals surface area contributed by atoms with Crippen molar-refractivity contribution in [2.45, 2.75) is 0 Å². The normalized spacial score (nSPS) is 11.6. The van der Waals surface area contributed by atoms with Gasteiger partial charge in [-0.05, 0) is 73.1 Å². The maximum absolute atomic E-state index is 2.39. The molecule has 1 aromatic heterocycles. The number of rotatable bonds is 3. The highest BCUT2D eigenvalue weighted by Crippen LogP contribution is 2.45. The van der Waals surface area contributed by atoms with E-state index in [-0.39, 0.29) is 0 Å². The summed E-state index contributed by atoms with van der Waals surface area (Å²) in [5.74, 6) is 0. The van der Waals surface area contributed by atoms with Gasteiger partial charge in [-0.2, -0.15) is 0 Å². The fourth-order valence-corrected chi connectivity index (χ4v) is 7.26. The lowest BCUT2D eigenvalue weighted by atomic mass is 9.85. The zero-order valence-electron chi connectivity index (χ0n) is 21.3. The van der Waals surface area contributed by atoms with E-state index < -0.39 is 0 Å². The molecular weight excluding hydrogens is 488 g/mol. The molecule has 39 heavy (non-hydrogen) atoms. The number of thiophene rings is 1. The SMILES string of the molecule is c1ccc(-c2cccc(-c3c4ccccc4c(-c4ccc5c(c4)sc4ccccc45)c4ccccc34)c2)cc1. The molecule has 1 heteroatoms. The molecule has 0 N–H and O–H groups in total. The second kappa shape index (κ2) is 8.94. The molecule has 0 unspecified atom stereocenters. The summed E-state index contributed by atoms with van der Waals surface area (Å²) in [5, 5.41) is 7.82. The average molecular weight is 513 g/mol. The fourth-order valence-electron chi connectivity index (χ4n) is 6.12. The minimum absolute atomic E-state index is 1.24. The van der Waals surface area contributed by atoms with E-state index in [0.717, 1.165) is 0 Å². The molecule has 8 rings (SSSR count). The number of benzene rings is 7. The fraction of sp³-hybridized carbons (Fsp3) is 0. The van der Waals surface area contributed by atoms with Crippen molar-refractivity contribution in [1.82, 2.24) is 0 Å². The van der Waals surface area contributed by atoms with Gasteiger partial charge in [-0.3, -0.25) is 0 Å². The van der Waals surface area contributed by atoms with Crippen LogP contribution in [0, 0.1) is 0 Å². The van der Waals surface area contributed by atoms with Crippen LogP contribution in [0.3, 0.4) is 0 Å². The van der Waals surface area contributed by atoms with E-state index in [2.05, 4.69) is 146 Å². The second-order valence-corrected chi connectivity index (χ2v) is 11.2. The van der Waals surface area contributed by atoms with Crippen LogP contribution in [0.25, 0.3) is 75.1 Å². The number of fused-ring (bicyclic) bond motifs is 5. The molecule has 7 aromatic carbocycles. The van der Waals surface area contributed by atoms with Crippen LogP contribution in [0.15, 0.2) is 146 Å². The predicted octanol–water partition coefficient (Wildman–Crippen LogP) is 11.4. The first-order valence-corrected chi connectivity index (χ1v) is 14.2. The lowest BCUT2D eigenvalue weighted by Crippen LogP contribution is -1.91. The van der Waals surface area contributed by atoms with Crippen molar-refractivity contribution in [3.05, 3.63) is 146 Å². The summed E-state index contributed by atoms with van der Waals surface area (Å²) < 4.78 is 2.68. The van der Waals surface area contributed by atoms with Gasteiger partial charge in [0, 0.05) is 20.2 Å². The van der Waals surface area contributed by atoms with Gasteiger partial charge in [0.25, 0.3) is 0 Å². The van der Waals surface area contributed by atoms with Gasteiger partial charge in [-0.15, -0.1) is 11.3 Å². The Kier molecular flexibility index (Phi) is 5.11. The Balaban J connectivity index is 1.43. The minimum atomic E-state index is 1.24. The molecule has 0 radical (unpaired) electrons. The summed E-state index contributed by atoms with van der Waals surface area (Å²) in [6.45, 7) is 0. The maximum Gasteiger partial charge on any atom is 0.0361 e. The molecule has 0 aliphatic rings. The minimum Gasteiger partial charge on any atom is -0.135 e. The van der Waals surface area contributed by atoms with Crippen molar-refractivity contribution >= 4 is 53.1 Å². The summed E-state index contributed by atoms with van der Waals surface area (Å²) in [4.78, 5) is 0. The summed E-state index contributed by atoms with van der Waals surface area (Å²) in [6, 6.07) is 53.2. The molecule has 0 fully saturated rings. The molecule has 0 saturated heterocycles. The van der Waals surface area contributed by atoms with Crippen molar-refractivity contribution in [3.63, 3.8) is 0 Å². The van der Waals surface area contributed by atoms with E-state index >= 15 is 0 Å². The Morgan fingerprint density at radius 3 is 1.44 bits per heavy atom. The van der Waals surface area contributed by atoms with Gasteiger partial charge in [0.2, 0.25) is 0 Å². The van der Waals surface area contributed by atoms with E-state index in [1.165, 1.54) is 75.1 Å². The smallest absolute Gasteiger partial charge is 0.0361 e. The first-order valence-electron chi connectivity index (χ1n) is 13.4. The van der Waals surface area contributed by atoms with Crippen molar-refractivity contribution in [2.75, 3.05) is 0 Å². The Bertz CT molecular complexity index is 2110. The molecule has 0 atom stereocenters. The average Bonchev–Trinajstić information content (AvgIpc) is 3.38. The quantitative estimate of drug-likeness (QED) is 0.207. The largest absolute Gasteiger partial charge is 0.135 e. The Labute approximate surface area is 231 Å². The zero-order valence-corrected chi connectivity index (χ0v) is 22.1. The van der Waals surface area contributed by atoms with Crippen molar-refractivity contribution in [2.24, 2.45) is 0 Å².